The Morgan fingerprint density at radius 2 is 1.75 bits per heavy atom. The number of nitrogens with one attached hydrogen (secondary N) is 1. The monoisotopic (exact) mass is 279 g/mol. The minimum Gasteiger partial charge on any atom is -0.325 e. The van der Waals surface area contributed by atoms with Crippen LogP contribution in [0.2, 0.25) is 15.1 Å². The average molecular weight is 281 g/mol. The first-order valence-corrected chi connectivity index (χ1v) is 5.98. The largest absolute Gasteiger partial charge is 0.325 e. The topological polar surface area (TPSA) is 29.1 Å². The van der Waals surface area contributed by atoms with E-state index in [9.17, 15) is 4.79 Å². The second kappa shape index (κ2) is 5.76. The number of hydrogen-bond donors (Lipinski definition) is 1. The van der Waals surface area contributed by atoms with E-state index in [-0.39, 0.29) is 5.91 Å². The third-order valence-corrected chi connectivity index (χ3v) is 2.91. The van der Waals surface area contributed by atoms with Crippen LogP contribution in [0.4, 0.5) is 5.69 Å². The molecule has 0 aliphatic rings. The predicted molar refractivity (Wildman–Crippen MR) is 69.6 cm³/mol. The number of rotatable bonds is 3. The van der Waals surface area contributed by atoms with E-state index in [0.29, 0.717) is 33.1 Å². The first kappa shape index (κ1) is 13.6. The Labute approximate surface area is 110 Å². The molecule has 1 aromatic carbocycles. The highest BCUT2D eigenvalue weighted by atomic mass is 35.5. The molecule has 0 heterocycles. The minimum absolute atomic E-state index is 0.0877. The number of halogens is 3. The molecule has 0 bridgehead atoms. The Morgan fingerprint density at radius 1 is 1.19 bits per heavy atom. The van der Waals surface area contributed by atoms with Crippen molar-refractivity contribution in [1.82, 2.24) is 0 Å². The summed E-state index contributed by atoms with van der Waals surface area (Å²) in [6.45, 7) is 3.94. The van der Waals surface area contributed by atoms with Crippen LogP contribution < -0.4 is 5.32 Å². The fraction of sp³-hybridized carbons (Fsp3) is 0.364. The van der Waals surface area contributed by atoms with E-state index in [1.54, 1.807) is 6.07 Å². The van der Waals surface area contributed by atoms with Gasteiger partial charge in [-0.1, -0.05) is 48.7 Å². The number of hydrogen-bond acceptors (Lipinski definition) is 1. The molecule has 1 N–H and O–H groups in total. The quantitative estimate of drug-likeness (QED) is 0.804. The molecule has 0 aliphatic heterocycles. The van der Waals surface area contributed by atoms with Crippen LogP contribution in [0, 0.1) is 5.92 Å². The minimum atomic E-state index is -0.0877. The lowest BCUT2D eigenvalue weighted by atomic mass is 10.1. The van der Waals surface area contributed by atoms with Crippen molar-refractivity contribution in [1.29, 1.82) is 0 Å². The fourth-order valence-corrected chi connectivity index (χ4v) is 1.78. The summed E-state index contributed by atoms with van der Waals surface area (Å²) in [6.07, 6.45) is 0.441. The molecule has 0 spiro atoms. The molecule has 16 heavy (non-hydrogen) atoms. The summed E-state index contributed by atoms with van der Waals surface area (Å²) in [4.78, 5) is 11.5. The molecule has 0 saturated carbocycles. The van der Waals surface area contributed by atoms with Crippen LogP contribution in [0.25, 0.3) is 0 Å². The van der Waals surface area contributed by atoms with Crippen molar-refractivity contribution in [2.24, 2.45) is 5.92 Å². The van der Waals surface area contributed by atoms with Crippen molar-refractivity contribution >= 4 is 46.4 Å². The number of amides is 1. The lowest BCUT2D eigenvalue weighted by Crippen LogP contribution is -2.14. The van der Waals surface area contributed by atoms with Gasteiger partial charge in [0.1, 0.15) is 0 Å². The van der Waals surface area contributed by atoms with Gasteiger partial charge >= 0.3 is 0 Å². The van der Waals surface area contributed by atoms with Crippen molar-refractivity contribution in [3.63, 3.8) is 0 Å². The second-order valence-electron chi connectivity index (χ2n) is 3.89. The molecule has 1 aromatic rings. The van der Waals surface area contributed by atoms with Gasteiger partial charge in [-0.25, -0.2) is 0 Å². The molecule has 88 valence electrons. The number of anilines is 1. The maximum atomic E-state index is 11.5. The molecule has 0 aliphatic carbocycles. The molecule has 0 unspecified atom stereocenters. The second-order valence-corrected chi connectivity index (χ2v) is 5.11. The van der Waals surface area contributed by atoms with E-state index in [2.05, 4.69) is 5.32 Å². The van der Waals surface area contributed by atoms with Gasteiger partial charge in [-0.3, -0.25) is 4.79 Å². The first-order chi connectivity index (χ1) is 7.40. The van der Waals surface area contributed by atoms with Gasteiger partial charge in [-0.05, 0) is 18.1 Å². The van der Waals surface area contributed by atoms with E-state index in [0.717, 1.165) is 0 Å². The molecular weight excluding hydrogens is 268 g/mol. The smallest absolute Gasteiger partial charge is 0.224 e. The van der Waals surface area contributed by atoms with Crippen LogP contribution >= 0.6 is 34.8 Å². The van der Waals surface area contributed by atoms with Gasteiger partial charge in [-0.15, -0.1) is 0 Å². The zero-order valence-electron chi connectivity index (χ0n) is 8.98. The summed E-state index contributed by atoms with van der Waals surface area (Å²) >= 11 is 17.5. The normalized spacial score (nSPS) is 10.6. The van der Waals surface area contributed by atoms with Crippen molar-refractivity contribution in [2.75, 3.05) is 5.32 Å². The van der Waals surface area contributed by atoms with Crippen molar-refractivity contribution in [3.8, 4) is 0 Å². The summed E-state index contributed by atoms with van der Waals surface area (Å²) in [6, 6.07) is 3.06. The third-order valence-electron chi connectivity index (χ3n) is 1.88. The lowest BCUT2D eigenvalue weighted by Gasteiger charge is -2.09. The predicted octanol–water partition coefficient (Wildman–Crippen LogP) is 4.63. The van der Waals surface area contributed by atoms with E-state index < -0.39 is 0 Å². The van der Waals surface area contributed by atoms with Crippen LogP contribution in [0.5, 0.6) is 0 Å². The Bertz CT molecular complexity index is 404. The van der Waals surface area contributed by atoms with Crippen molar-refractivity contribution < 1.29 is 4.79 Å². The van der Waals surface area contributed by atoms with Gasteiger partial charge in [0.15, 0.2) is 0 Å². The first-order valence-electron chi connectivity index (χ1n) is 4.84. The standard InChI is InChI=1S/C11H12Cl3NO/c1-6(2)3-11(16)15-10-5-8(13)7(12)4-9(10)14/h4-6H,3H2,1-2H3,(H,15,16). The Balaban J connectivity index is 2.81. The summed E-state index contributed by atoms with van der Waals surface area (Å²) in [7, 11) is 0. The highest BCUT2D eigenvalue weighted by Gasteiger charge is 2.10. The number of benzene rings is 1. The average Bonchev–Trinajstić information content (AvgIpc) is 2.12. The van der Waals surface area contributed by atoms with Crippen LogP contribution in [0.15, 0.2) is 12.1 Å². The van der Waals surface area contributed by atoms with Gasteiger partial charge in [-0.2, -0.15) is 0 Å². The van der Waals surface area contributed by atoms with E-state index in [4.69, 9.17) is 34.8 Å². The summed E-state index contributed by atoms with van der Waals surface area (Å²) in [5, 5.41) is 3.81. The van der Waals surface area contributed by atoms with Crippen LogP contribution in [0.1, 0.15) is 20.3 Å². The highest BCUT2D eigenvalue weighted by molar-refractivity contribution is 6.44. The Kier molecular flexibility index (Phi) is 4.90. The van der Waals surface area contributed by atoms with E-state index in [1.165, 1.54) is 6.07 Å². The molecule has 0 fully saturated rings. The van der Waals surface area contributed by atoms with Crippen LogP contribution in [-0.2, 0) is 4.79 Å². The van der Waals surface area contributed by atoms with Gasteiger partial charge in [0.2, 0.25) is 5.91 Å². The maximum Gasteiger partial charge on any atom is 0.224 e. The van der Waals surface area contributed by atoms with E-state index >= 15 is 0 Å². The van der Waals surface area contributed by atoms with Gasteiger partial charge in [0, 0.05) is 6.42 Å². The molecule has 0 atom stereocenters. The third kappa shape index (κ3) is 3.85. The molecule has 2 nitrogen and oxygen atoms in total. The zero-order valence-corrected chi connectivity index (χ0v) is 11.2. The van der Waals surface area contributed by atoms with Gasteiger partial charge < -0.3 is 5.32 Å². The Hall–Kier alpha value is -0.440. The lowest BCUT2D eigenvalue weighted by molar-refractivity contribution is -0.116. The molecule has 5 heteroatoms. The molecule has 0 saturated heterocycles. The SMILES string of the molecule is CC(C)CC(=O)Nc1cc(Cl)c(Cl)cc1Cl. The summed E-state index contributed by atoms with van der Waals surface area (Å²) in [5.41, 5.74) is 0.488. The number of carbonyl (C=O) groups excluding carboxylic acids is 1. The molecular formula is C11H12Cl3NO. The summed E-state index contributed by atoms with van der Waals surface area (Å²) in [5.74, 6) is 0.205. The van der Waals surface area contributed by atoms with Gasteiger partial charge in [0.05, 0.1) is 20.8 Å². The van der Waals surface area contributed by atoms with Gasteiger partial charge in [0.25, 0.3) is 0 Å². The summed E-state index contributed by atoms with van der Waals surface area (Å²) < 4.78 is 0. The zero-order chi connectivity index (χ0) is 12.3. The molecule has 0 radical (unpaired) electrons. The van der Waals surface area contributed by atoms with E-state index in [1.807, 2.05) is 13.8 Å². The maximum absolute atomic E-state index is 11.5. The molecule has 0 aromatic heterocycles. The molecule has 1 rings (SSSR count). The molecule has 1 amide bonds. The number of carbonyl (C=O) groups is 1. The van der Waals surface area contributed by atoms with Crippen molar-refractivity contribution in [3.05, 3.63) is 27.2 Å². The fourth-order valence-electron chi connectivity index (χ4n) is 1.19. The Morgan fingerprint density at radius 3 is 2.31 bits per heavy atom. The van der Waals surface area contributed by atoms with Crippen LogP contribution in [0.3, 0.4) is 0 Å². The van der Waals surface area contributed by atoms with Crippen molar-refractivity contribution in [2.45, 2.75) is 20.3 Å². The van der Waals surface area contributed by atoms with Crippen LogP contribution in [-0.4, -0.2) is 5.91 Å². The highest BCUT2D eigenvalue weighted by Crippen LogP contribution is 2.32.